The van der Waals surface area contributed by atoms with Gasteiger partial charge in [0, 0.05) is 29.3 Å². The first kappa shape index (κ1) is 15.9. The zero-order chi connectivity index (χ0) is 18.7. The Morgan fingerprint density at radius 1 is 1.00 bits per heavy atom. The summed E-state index contributed by atoms with van der Waals surface area (Å²) >= 11 is 0. The molecule has 0 radical (unpaired) electrons. The van der Waals surface area contributed by atoms with E-state index in [4.69, 9.17) is 14.0 Å². The van der Waals surface area contributed by atoms with Gasteiger partial charge in [-0.05, 0) is 43.9 Å². The average molecular weight is 377 g/mol. The second-order valence-corrected chi connectivity index (χ2v) is 7.70. The van der Waals surface area contributed by atoms with Gasteiger partial charge in [-0.3, -0.25) is 4.79 Å². The van der Waals surface area contributed by atoms with Gasteiger partial charge in [0.05, 0.1) is 16.6 Å². The van der Waals surface area contributed by atoms with Crippen LogP contribution < -0.4 is 14.8 Å². The van der Waals surface area contributed by atoms with E-state index in [-0.39, 0.29) is 5.91 Å². The SMILES string of the molecule is O=C(Nc1ccc2c(c1)OCCO2)c1cc(C2CC2)nc2onc(C3CC3)c12. The molecule has 3 aromatic rings. The van der Waals surface area contributed by atoms with E-state index in [1.165, 1.54) is 0 Å². The molecule has 7 nitrogen and oxygen atoms in total. The average Bonchev–Trinajstić information content (AvgIpc) is 3.65. The molecule has 1 amide bonds. The third kappa shape index (κ3) is 2.69. The lowest BCUT2D eigenvalue weighted by molar-refractivity contribution is 0.102. The van der Waals surface area contributed by atoms with Crippen LogP contribution in [0.3, 0.4) is 0 Å². The summed E-state index contributed by atoms with van der Waals surface area (Å²) in [6, 6.07) is 7.34. The Morgan fingerprint density at radius 2 is 1.79 bits per heavy atom. The molecule has 2 saturated carbocycles. The van der Waals surface area contributed by atoms with Crippen molar-refractivity contribution in [2.24, 2.45) is 0 Å². The number of anilines is 1. The number of amides is 1. The Kier molecular flexibility index (Phi) is 3.38. The van der Waals surface area contributed by atoms with Crippen LogP contribution in [0.2, 0.25) is 0 Å². The number of hydrogen-bond donors (Lipinski definition) is 1. The van der Waals surface area contributed by atoms with Crippen molar-refractivity contribution < 1.29 is 18.8 Å². The van der Waals surface area contributed by atoms with Crippen molar-refractivity contribution in [1.29, 1.82) is 0 Å². The first-order valence-corrected chi connectivity index (χ1v) is 9.77. The van der Waals surface area contributed by atoms with Crippen LogP contribution in [-0.2, 0) is 0 Å². The predicted octanol–water partition coefficient (Wildman–Crippen LogP) is 4.00. The molecule has 3 heterocycles. The third-order valence-corrected chi connectivity index (χ3v) is 5.50. The largest absolute Gasteiger partial charge is 0.486 e. The predicted molar refractivity (Wildman–Crippen MR) is 101 cm³/mol. The number of carbonyl (C=O) groups is 1. The Morgan fingerprint density at radius 3 is 2.57 bits per heavy atom. The fraction of sp³-hybridized carbons (Fsp3) is 0.381. The molecule has 2 aromatic heterocycles. The number of nitrogens with one attached hydrogen (secondary N) is 1. The molecule has 0 saturated heterocycles. The van der Waals surface area contributed by atoms with Crippen LogP contribution >= 0.6 is 0 Å². The molecule has 0 bridgehead atoms. The number of pyridine rings is 1. The number of rotatable bonds is 4. The molecule has 0 unspecified atom stereocenters. The summed E-state index contributed by atoms with van der Waals surface area (Å²) < 4.78 is 16.7. The highest BCUT2D eigenvalue weighted by molar-refractivity contribution is 6.12. The highest BCUT2D eigenvalue weighted by Gasteiger charge is 2.34. The van der Waals surface area contributed by atoms with Gasteiger partial charge in [-0.15, -0.1) is 0 Å². The lowest BCUT2D eigenvalue weighted by Crippen LogP contribution is -2.17. The van der Waals surface area contributed by atoms with Gasteiger partial charge in [-0.25, -0.2) is 4.98 Å². The van der Waals surface area contributed by atoms with Crippen LogP contribution in [-0.4, -0.2) is 29.3 Å². The van der Waals surface area contributed by atoms with E-state index in [0.717, 1.165) is 42.5 Å². The summed E-state index contributed by atoms with van der Waals surface area (Å²) in [7, 11) is 0. The quantitative estimate of drug-likeness (QED) is 0.739. The lowest BCUT2D eigenvalue weighted by atomic mass is 10.0. The van der Waals surface area contributed by atoms with Gasteiger partial charge in [0.15, 0.2) is 11.5 Å². The number of aromatic nitrogens is 2. The van der Waals surface area contributed by atoms with Gasteiger partial charge in [0.2, 0.25) is 0 Å². The van der Waals surface area contributed by atoms with Gasteiger partial charge in [0.25, 0.3) is 11.6 Å². The van der Waals surface area contributed by atoms with E-state index >= 15 is 0 Å². The smallest absolute Gasteiger partial charge is 0.259 e. The minimum atomic E-state index is -0.184. The summed E-state index contributed by atoms with van der Waals surface area (Å²) in [5.41, 5.74) is 3.50. The number of fused-ring (bicyclic) bond motifs is 2. The van der Waals surface area contributed by atoms with Gasteiger partial charge >= 0.3 is 0 Å². The molecule has 7 heteroatoms. The van der Waals surface area contributed by atoms with Crippen molar-refractivity contribution in [2.75, 3.05) is 18.5 Å². The molecule has 1 aromatic carbocycles. The third-order valence-electron chi connectivity index (χ3n) is 5.50. The standard InChI is InChI=1S/C21H19N3O4/c25-20(22-13-5-6-16-17(9-13)27-8-7-26-16)14-10-15(11-1-2-11)23-21-18(14)19(24-28-21)12-3-4-12/h5-6,9-12H,1-4,7-8H2,(H,22,25). The van der Waals surface area contributed by atoms with E-state index in [0.29, 0.717) is 53.5 Å². The normalized spacial score (nSPS) is 18.3. The highest BCUT2D eigenvalue weighted by atomic mass is 16.6. The van der Waals surface area contributed by atoms with Crippen molar-refractivity contribution in [3.63, 3.8) is 0 Å². The molecule has 0 atom stereocenters. The zero-order valence-electron chi connectivity index (χ0n) is 15.2. The Labute approximate surface area is 161 Å². The molecule has 3 aliphatic rings. The summed E-state index contributed by atoms with van der Waals surface area (Å²) in [6.07, 6.45) is 4.36. The zero-order valence-corrected chi connectivity index (χ0v) is 15.2. The van der Waals surface area contributed by atoms with Crippen molar-refractivity contribution in [3.05, 3.63) is 41.2 Å². The fourth-order valence-corrected chi connectivity index (χ4v) is 3.71. The van der Waals surface area contributed by atoms with Crippen molar-refractivity contribution in [3.8, 4) is 11.5 Å². The maximum absolute atomic E-state index is 13.2. The van der Waals surface area contributed by atoms with Crippen molar-refractivity contribution >= 4 is 22.7 Å². The summed E-state index contributed by atoms with van der Waals surface area (Å²) in [4.78, 5) is 17.8. The number of carbonyl (C=O) groups excluding carboxylic acids is 1. The fourth-order valence-electron chi connectivity index (χ4n) is 3.71. The molecule has 6 rings (SSSR count). The molecule has 2 aliphatic carbocycles. The molecule has 1 aliphatic heterocycles. The van der Waals surface area contributed by atoms with Gasteiger partial charge in [0.1, 0.15) is 13.2 Å². The number of benzene rings is 1. The first-order valence-electron chi connectivity index (χ1n) is 9.77. The van der Waals surface area contributed by atoms with Crippen molar-refractivity contribution in [1.82, 2.24) is 10.1 Å². The van der Waals surface area contributed by atoms with Crippen LogP contribution in [0.1, 0.15) is 59.3 Å². The maximum atomic E-state index is 13.2. The molecule has 142 valence electrons. The summed E-state index contributed by atoms with van der Waals surface area (Å²) in [5, 5.41) is 7.98. The van der Waals surface area contributed by atoms with Crippen molar-refractivity contribution in [2.45, 2.75) is 37.5 Å². The monoisotopic (exact) mass is 377 g/mol. The van der Waals surface area contributed by atoms with E-state index in [2.05, 4.69) is 15.5 Å². The molecule has 2 fully saturated rings. The van der Waals surface area contributed by atoms with Gasteiger partial charge in [-0.1, -0.05) is 5.16 Å². The molecular weight excluding hydrogens is 358 g/mol. The number of nitrogens with zero attached hydrogens (tertiary/aromatic N) is 2. The van der Waals surface area contributed by atoms with Crippen LogP contribution in [0.5, 0.6) is 11.5 Å². The lowest BCUT2D eigenvalue weighted by Gasteiger charge is -2.19. The first-order chi connectivity index (χ1) is 13.8. The molecule has 1 N–H and O–H groups in total. The van der Waals surface area contributed by atoms with E-state index in [1.54, 1.807) is 6.07 Å². The van der Waals surface area contributed by atoms with E-state index < -0.39 is 0 Å². The van der Waals surface area contributed by atoms with Crippen LogP contribution in [0, 0.1) is 0 Å². The Balaban J connectivity index is 1.39. The number of hydrogen-bond acceptors (Lipinski definition) is 6. The summed E-state index contributed by atoms with van der Waals surface area (Å²) in [6.45, 7) is 1.04. The van der Waals surface area contributed by atoms with Crippen LogP contribution in [0.15, 0.2) is 28.8 Å². The molecule has 28 heavy (non-hydrogen) atoms. The second kappa shape index (κ2) is 5.95. The molecular formula is C21H19N3O4. The minimum Gasteiger partial charge on any atom is -0.486 e. The van der Waals surface area contributed by atoms with E-state index in [1.807, 2.05) is 18.2 Å². The topological polar surface area (TPSA) is 86.5 Å². The Hall–Kier alpha value is -3.09. The van der Waals surface area contributed by atoms with Gasteiger partial charge in [-0.2, -0.15) is 0 Å². The summed E-state index contributed by atoms with van der Waals surface area (Å²) in [5.74, 6) is 1.94. The van der Waals surface area contributed by atoms with Crippen LogP contribution in [0.4, 0.5) is 5.69 Å². The van der Waals surface area contributed by atoms with E-state index in [9.17, 15) is 4.79 Å². The Bertz CT molecular complexity index is 1100. The maximum Gasteiger partial charge on any atom is 0.259 e. The van der Waals surface area contributed by atoms with Gasteiger partial charge < -0.3 is 19.3 Å². The second-order valence-electron chi connectivity index (χ2n) is 7.70. The number of ether oxygens (including phenoxy) is 2. The highest BCUT2D eigenvalue weighted by Crippen LogP contribution is 2.45. The minimum absolute atomic E-state index is 0.184. The van der Waals surface area contributed by atoms with Crippen LogP contribution in [0.25, 0.3) is 11.1 Å². The molecule has 0 spiro atoms.